The molecular weight excluding hydrogens is 340 g/mol. The predicted octanol–water partition coefficient (Wildman–Crippen LogP) is 3.74. The lowest BCUT2D eigenvalue weighted by molar-refractivity contribution is 0.0963. The van der Waals surface area contributed by atoms with E-state index in [1.165, 1.54) is 0 Å². The summed E-state index contributed by atoms with van der Waals surface area (Å²) >= 11 is 0. The number of rotatable bonds is 7. The number of nitrogens with one attached hydrogen (secondary N) is 1. The lowest BCUT2D eigenvalue weighted by atomic mass is 10.1. The topological polar surface area (TPSA) is 60.5 Å². The van der Waals surface area contributed by atoms with Gasteiger partial charge >= 0.3 is 0 Å². The maximum Gasteiger partial charge on any atom is 0.251 e. The van der Waals surface area contributed by atoms with E-state index >= 15 is 0 Å². The molecule has 2 aromatic carbocycles. The number of aromatic nitrogens is 1. The zero-order valence-corrected chi connectivity index (χ0v) is 15.4. The highest BCUT2D eigenvalue weighted by molar-refractivity contribution is 5.95. The fourth-order valence-corrected chi connectivity index (χ4v) is 2.72. The summed E-state index contributed by atoms with van der Waals surface area (Å²) in [4.78, 5) is 16.4. The van der Waals surface area contributed by atoms with Crippen LogP contribution >= 0.6 is 0 Å². The Hall–Kier alpha value is -3.34. The molecule has 0 saturated carbocycles. The summed E-state index contributed by atoms with van der Waals surface area (Å²) in [6.07, 6.45) is 0.759. The first-order valence-corrected chi connectivity index (χ1v) is 8.75. The van der Waals surface area contributed by atoms with E-state index < -0.39 is 0 Å². The summed E-state index contributed by atoms with van der Waals surface area (Å²) in [6, 6.07) is 20.9. The highest BCUT2D eigenvalue weighted by atomic mass is 16.5. The Morgan fingerprint density at radius 3 is 2.67 bits per heavy atom. The molecule has 1 heterocycles. The van der Waals surface area contributed by atoms with Crippen molar-refractivity contribution in [3.8, 4) is 22.9 Å². The van der Waals surface area contributed by atoms with Gasteiger partial charge in [0, 0.05) is 30.7 Å². The van der Waals surface area contributed by atoms with Gasteiger partial charge in [-0.1, -0.05) is 30.3 Å². The van der Waals surface area contributed by atoms with Crippen LogP contribution in [0.1, 0.15) is 15.9 Å². The van der Waals surface area contributed by atoms with Crippen LogP contribution in [0.25, 0.3) is 11.3 Å². The Kier molecular flexibility index (Phi) is 6.05. The van der Waals surface area contributed by atoms with E-state index in [1.54, 1.807) is 20.2 Å². The first kappa shape index (κ1) is 18.5. The molecule has 3 aromatic rings. The van der Waals surface area contributed by atoms with Gasteiger partial charge in [0.15, 0.2) is 0 Å². The maximum absolute atomic E-state index is 11.8. The molecule has 1 amide bonds. The average Bonchev–Trinajstić information content (AvgIpc) is 2.73. The Morgan fingerprint density at radius 1 is 1.04 bits per heavy atom. The van der Waals surface area contributed by atoms with Crippen LogP contribution in [0.5, 0.6) is 11.6 Å². The van der Waals surface area contributed by atoms with E-state index in [-0.39, 0.29) is 5.91 Å². The van der Waals surface area contributed by atoms with Crippen molar-refractivity contribution in [1.82, 2.24) is 10.3 Å². The Bertz CT molecular complexity index is 925. The van der Waals surface area contributed by atoms with Gasteiger partial charge < -0.3 is 14.8 Å². The van der Waals surface area contributed by atoms with Crippen molar-refractivity contribution in [3.05, 3.63) is 77.9 Å². The number of carbonyl (C=O) groups is 1. The molecule has 0 radical (unpaired) electrons. The van der Waals surface area contributed by atoms with E-state index in [1.807, 2.05) is 60.7 Å². The first-order chi connectivity index (χ1) is 13.2. The van der Waals surface area contributed by atoms with Gasteiger partial charge in [0.05, 0.1) is 19.4 Å². The molecular formula is C22H22N2O3. The molecule has 0 aliphatic rings. The molecule has 0 aliphatic heterocycles. The highest BCUT2D eigenvalue weighted by Crippen LogP contribution is 2.21. The molecule has 3 rings (SSSR count). The third kappa shape index (κ3) is 4.85. The summed E-state index contributed by atoms with van der Waals surface area (Å²) in [5.74, 6) is 1.27. The van der Waals surface area contributed by atoms with Crippen LogP contribution in [0.2, 0.25) is 0 Å². The maximum atomic E-state index is 11.8. The van der Waals surface area contributed by atoms with E-state index in [2.05, 4.69) is 10.3 Å². The third-order valence-electron chi connectivity index (χ3n) is 4.15. The number of pyridine rings is 1. The molecule has 0 atom stereocenters. The number of hydrogen-bond donors (Lipinski definition) is 1. The largest absolute Gasteiger partial charge is 0.497 e. The molecule has 5 heteroatoms. The van der Waals surface area contributed by atoms with Crippen LogP contribution in [-0.2, 0) is 6.42 Å². The standard InChI is InChI=1S/C22H22N2O3/c1-23-22(25)18-8-4-7-17(15-18)20-10-5-11-21(24-20)27-13-12-16-6-3-9-19(14-16)26-2/h3-11,14-15H,12-13H2,1-2H3,(H,23,25). The van der Waals surface area contributed by atoms with Crippen LogP contribution in [-0.4, -0.2) is 31.7 Å². The van der Waals surface area contributed by atoms with Gasteiger partial charge in [-0.05, 0) is 35.9 Å². The minimum absolute atomic E-state index is 0.123. The number of nitrogens with zero attached hydrogens (tertiary/aromatic N) is 1. The zero-order chi connectivity index (χ0) is 19.1. The van der Waals surface area contributed by atoms with Crippen molar-refractivity contribution in [3.63, 3.8) is 0 Å². The van der Waals surface area contributed by atoms with Crippen LogP contribution in [0.3, 0.4) is 0 Å². The minimum Gasteiger partial charge on any atom is -0.497 e. The molecule has 5 nitrogen and oxygen atoms in total. The van der Waals surface area contributed by atoms with Crippen LogP contribution in [0, 0.1) is 0 Å². The second-order valence-electron chi connectivity index (χ2n) is 5.97. The second-order valence-corrected chi connectivity index (χ2v) is 5.97. The number of ether oxygens (including phenoxy) is 2. The second kappa shape index (κ2) is 8.85. The van der Waals surface area contributed by atoms with E-state index in [0.717, 1.165) is 29.0 Å². The van der Waals surface area contributed by atoms with Gasteiger partial charge in [-0.15, -0.1) is 0 Å². The molecule has 1 aromatic heterocycles. The van der Waals surface area contributed by atoms with Crippen LogP contribution in [0.4, 0.5) is 0 Å². The van der Waals surface area contributed by atoms with Crippen molar-refractivity contribution in [1.29, 1.82) is 0 Å². The SMILES string of the molecule is CNC(=O)c1cccc(-c2cccc(OCCc3cccc(OC)c3)n2)c1. The van der Waals surface area contributed by atoms with Crippen LogP contribution in [0.15, 0.2) is 66.7 Å². The van der Waals surface area contributed by atoms with Crippen LogP contribution < -0.4 is 14.8 Å². The van der Waals surface area contributed by atoms with Gasteiger partial charge in [0.1, 0.15) is 5.75 Å². The molecule has 0 fully saturated rings. The normalized spacial score (nSPS) is 10.3. The Morgan fingerprint density at radius 2 is 1.85 bits per heavy atom. The fourth-order valence-electron chi connectivity index (χ4n) is 2.72. The molecule has 1 N–H and O–H groups in total. The van der Waals surface area contributed by atoms with Gasteiger partial charge in [-0.3, -0.25) is 4.79 Å². The lowest BCUT2D eigenvalue weighted by Crippen LogP contribution is -2.17. The smallest absolute Gasteiger partial charge is 0.251 e. The third-order valence-corrected chi connectivity index (χ3v) is 4.15. The van der Waals surface area contributed by atoms with E-state index in [9.17, 15) is 4.79 Å². The average molecular weight is 362 g/mol. The van der Waals surface area contributed by atoms with E-state index in [0.29, 0.717) is 18.1 Å². The number of carbonyl (C=O) groups excluding carboxylic acids is 1. The van der Waals surface area contributed by atoms with Crippen molar-refractivity contribution in [2.24, 2.45) is 0 Å². The van der Waals surface area contributed by atoms with Gasteiger partial charge in [0.2, 0.25) is 5.88 Å². The summed E-state index contributed by atoms with van der Waals surface area (Å²) in [7, 11) is 3.27. The number of hydrogen-bond acceptors (Lipinski definition) is 4. The molecule has 0 spiro atoms. The number of amides is 1. The highest BCUT2D eigenvalue weighted by Gasteiger charge is 2.07. The van der Waals surface area contributed by atoms with E-state index in [4.69, 9.17) is 9.47 Å². The van der Waals surface area contributed by atoms with Crippen molar-refractivity contribution in [2.75, 3.05) is 20.8 Å². The number of methoxy groups -OCH3 is 1. The van der Waals surface area contributed by atoms with Gasteiger partial charge in [0.25, 0.3) is 5.91 Å². The quantitative estimate of drug-likeness (QED) is 0.696. The van der Waals surface area contributed by atoms with Crippen molar-refractivity contribution < 1.29 is 14.3 Å². The summed E-state index contributed by atoms with van der Waals surface area (Å²) in [5, 5.41) is 2.63. The minimum atomic E-state index is -0.123. The molecule has 0 bridgehead atoms. The Labute approximate surface area is 159 Å². The van der Waals surface area contributed by atoms with Gasteiger partial charge in [-0.2, -0.15) is 0 Å². The summed E-state index contributed by atoms with van der Waals surface area (Å²) < 4.78 is 11.1. The van der Waals surface area contributed by atoms with Crippen molar-refractivity contribution >= 4 is 5.91 Å². The predicted molar refractivity (Wildman–Crippen MR) is 105 cm³/mol. The first-order valence-electron chi connectivity index (χ1n) is 8.75. The van der Waals surface area contributed by atoms with Gasteiger partial charge in [-0.25, -0.2) is 4.98 Å². The zero-order valence-electron chi connectivity index (χ0n) is 15.4. The number of benzene rings is 2. The molecule has 0 aliphatic carbocycles. The monoisotopic (exact) mass is 362 g/mol. The molecule has 27 heavy (non-hydrogen) atoms. The van der Waals surface area contributed by atoms with Crippen molar-refractivity contribution in [2.45, 2.75) is 6.42 Å². The summed E-state index contributed by atoms with van der Waals surface area (Å²) in [6.45, 7) is 0.516. The Balaban J connectivity index is 1.68. The molecule has 0 unspecified atom stereocenters. The molecule has 138 valence electrons. The summed E-state index contributed by atoms with van der Waals surface area (Å²) in [5.41, 5.74) is 3.37. The lowest BCUT2D eigenvalue weighted by Gasteiger charge is -2.09. The fraction of sp³-hybridized carbons (Fsp3) is 0.182. The molecule has 0 saturated heterocycles.